The molecule has 0 saturated heterocycles. The summed E-state index contributed by atoms with van der Waals surface area (Å²) < 4.78 is 5.16. The van der Waals surface area contributed by atoms with E-state index in [0.717, 1.165) is 34.0 Å². The predicted molar refractivity (Wildman–Crippen MR) is 83.9 cm³/mol. The van der Waals surface area contributed by atoms with Gasteiger partial charge in [-0.25, -0.2) is 0 Å². The number of fused-ring (bicyclic) bond motifs is 1. The predicted octanol–water partition coefficient (Wildman–Crippen LogP) is 4.03. The van der Waals surface area contributed by atoms with Crippen molar-refractivity contribution < 1.29 is 9.53 Å². The summed E-state index contributed by atoms with van der Waals surface area (Å²) in [6.07, 6.45) is 0.857. The van der Waals surface area contributed by atoms with E-state index in [1.165, 1.54) is 0 Å². The number of rotatable bonds is 3. The average Bonchev–Trinajstić information content (AvgIpc) is 2.53. The van der Waals surface area contributed by atoms with E-state index in [0.29, 0.717) is 11.3 Å². The number of aromatic nitrogens is 1. The molecule has 3 rings (SSSR count). The molecule has 0 aliphatic heterocycles. The second-order valence-corrected chi connectivity index (χ2v) is 4.93. The standard InChI is InChI=1S/C18H15NO2/c1-12-3-4-14-9-13(5-8-18(14)19-12)17-7-6-16(21-2)10-15(17)11-20/h3-11H,1-2H3. The largest absolute Gasteiger partial charge is 0.497 e. The zero-order valence-corrected chi connectivity index (χ0v) is 12.0. The molecule has 0 aliphatic carbocycles. The lowest BCUT2D eigenvalue weighted by Crippen LogP contribution is -1.91. The van der Waals surface area contributed by atoms with E-state index < -0.39 is 0 Å². The van der Waals surface area contributed by atoms with E-state index in [9.17, 15) is 4.79 Å². The van der Waals surface area contributed by atoms with Crippen LogP contribution in [0.15, 0.2) is 48.5 Å². The molecule has 0 spiro atoms. The lowest BCUT2D eigenvalue weighted by Gasteiger charge is -2.09. The third kappa shape index (κ3) is 2.50. The van der Waals surface area contributed by atoms with E-state index in [1.54, 1.807) is 13.2 Å². The second-order valence-electron chi connectivity index (χ2n) is 4.93. The SMILES string of the molecule is COc1ccc(-c2ccc3nc(C)ccc3c2)c(C=O)c1. The molecule has 3 heteroatoms. The van der Waals surface area contributed by atoms with E-state index in [1.807, 2.05) is 43.3 Å². The van der Waals surface area contributed by atoms with Crippen LogP contribution in [-0.2, 0) is 0 Å². The topological polar surface area (TPSA) is 39.2 Å². The van der Waals surface area contributed by atoms with Crippen LogP contribution in [-0.4, -0.2) is 18.4 Å². The van der Waals surface area contributed by atoms with Gasteiger partial charge in [0.05, 0.1) is 12.6 Å². The zero-order valence-electron chi connectivity index (χ0n) is 12.0. The molecule has 0 radical (unpaired) electrons. The van der Waals surface area contributed by atoms with Crippen LogP contribution in [0.3, 0.4) is 0 Å². The van der Waals surface area contributed by atoms with Crippen molar-refractivity contribution in [1.29, 1.82) is 0 Å². The van der Waals surface area contributed by atoms with Gasteiger partial charge in [0.1, 0.15) is 5.75 Å². The molecule has 0 bridgehead atoms. The fourth-order valence-electron chi connectivity index (χ4n) is 2.42. The lowest BCUT2D eigenvalue weighted by molar-refractivity contribution is 0.112. The van der Waals surface area contributed by atoms with Crippen molar-refractivity contribution in [2.45, 2.75) is 6.92 Å². The van der Waals surface area contributed by atoms with Crippen molar-refractivity contribution in [2.75, 3.05) is 7.11 Å². The van der Waals surface area contributed by atoms with Crippen LogP contribution in [0, 0.1) is 6.92 Å². The van der Waals surface area contributed by atoms with Gasteiger partial charge in [0.25, 0.3) is 0 Å². The summed E-state index contributed by atoms with van der Waals surface area (Å²) in [4.78, 5) is 15.8. The molecule has 0 saturated carbocycles. The first-order valence-corrected chi connectivity index (χ1v) is 6.72. The molecule has 1 heterocycles. The molecular weight excluding hydrogens is 262 g/mol. The van der Waals surface area contributed by atoms with Crippen LogP contribution in [0.1, 0.15) is 16.1 Å². The summed E-state index contributed by atoms with van der Waals surface area (Å²) in [7, 11) is 1.59. The number of aldehydes is 1. The van der Waals surface area contributed by atoms with E-state index >= 15 is 0 Å². The number of pyridine rings is 1. The Morgan fingerprint density at radius 1 is 1.05 bits per heavy atom. The number of hydrogen-bond donors (Lipinski definition) is 0. The quantitative estimate of drug-likeness (QED) is 0.678. The Hall–Kier alpha value is -2.68. The summed E-state index contributed by atoms with van der Waals surface area (Å²) in [6, 6.07) is 15.6. The van der Waals surface area contributed by atoms with Crippen molar-refractivity contribution in [2.24, 2.45) is 0 Å². The van der Waals surface area contributed by atoms with Crippen molar-refractivity contribution in [3.8, 4) is 16.9 Å². The molecule has 0 fully saturated rings. The molecule has 0 amide bonds. The number of ether oxygens (including phenoxy) is 1. The van der Waals surface area contributed by atoms with Gasteiger partial charge in [0.2, 0.25) is 0 Å². The highest BCUT2D eigenvalue weighted by Crippen LogP contribution is 2.28. The van der Waals surface area contributed by atoms with Crippen LogP contribution < -0.4 is 4.74 Å². The Kier molecular flexibility index (Phi) is 3.40. The first-order valence-electron chi connectivity index (χ1n) is 6.72. The smallest absolute Gasteiger partial charge is 0.150 e. The van der Waals surface area contributed by atoms with E-state index in [4.69, 9.17) is 4.74 Å². The molecule has 3 aromatic rings. The summed E-state index contributed by atoms with van der Waals surface area (Å²) >= 11 is 0. The van der Waals surface area contributed by atoms with Crippen molar-refractivity contribution in [1.82, 2.24) is 4.98 Å². The minimum absolute atomic E-state index is 0.619. The van der Waals surface area contributed by atoms with Gasteiger partial charge in [0, 0.05) is 16.6 Å². The number of hydrogen-bond acceptors (Lipinski definition) is 3. The van der Waals surface area contributed by atoms with Gasteiger partial charge in [-0.15, -0.1) is 0 Å². The van der Waals surface area contributed by atoms with Crippen molar-refractivity contribution in [3.63, 3.8) is 0 Å². The first-order chi connectivity index (χ1) is 10.2. The summed E-state index contributed by atoms with van der Waals surface area (Å²) in [6.45, 7) is 1.97. The van der Waals surface area contributed by atoms with Crippen molar-refractivity contribution in [3.05, 3.63) is 59.8 Å². The molecule has 3 nitrogen and oxygen atoms in total. The normalized spacial score (nSPS) is 10.6. The maximum Gasteiger partial charge on any atom is 0.150 e. The van der Waals surface area contributed by atoms with E-state index in [-0.39, 0.29) is 0 Å². The fourth-order valence-corrected chi connectivity index (χ4v) is 2.42. The Labute approximate surface area is 123 Å². The number of carbonyl (C=O) groups excluding carboxylic acids is 1. The third-order valence-corrected chi connectivity index (χ3v) is 3.53. The maximum absolute atomic E-state index is 11.3. The van der Waals surface area contributed by atoms with Crippen LogP contribution in [0.4, 0.5) is 0 Å². The Balaban J connectivity index is 2.16. The van der Waals surface area contributed by atoms with Gasteiger partial charge < -0.3 is 4.74 Å². The van der Waals surface area contributed by atoms with Crippen LogP contribution in [0.25, 0.3) is 22.0 Å². The van der Waals surface area contributed by atoms with Gasteiger partial charge in [-0.1, -0.05) is 12.1 Å². The molecule has 0 N–H and O–H groups in total. The van der Waals surface area contributed by atoms with Crippen LogP contribution >= 0.6 is 0 Å². The molecule has 104 valence electrons. The molecule has 21 heavy (non-hydrogen) atoms. The first kappa shape index (κ1) is 13.3. The third-order valence-electron chi connectivity index (χ3n) is 3.53. The van der Waals surface area contributed by atoms with Gasteiger partial charge in [0.15, 0.2) is 6.29 Å². The molecular formula is C18H15NO2. The second kappa shape index (κ2) is 5.37. The maximum atomic E-state index is 11.3. The highest BCUT2D eigenvalue weighted by atomic mass is 16.5. The number of aryl methyl sites for hydroxylation is 1. The van der Waals surface area contributed by atoms with Crippen molar-refractivity contribution >= 4 is 17.2 Å². The zero-order chi connectivity index (χ0) is 14.8. The van der Waals surface area contributed by atoms with E-state index in [2.05, 4.69) is 11.1 Å². The lowest BCUT2D eigenvalue weighted by atomic mass is 9.98. The Morgan fingerprint density at radius 3 is 2.67 bits per heavy atom. The molecule has 0 unspecified atom stereocenters. The van der Waals surface area contributed by atoms with Gasteiger partial charge in [-0.05, 0) is 54.4 Å². The summed E-state index contributed by atoms with van der Waals surface area (Å²) in [5, 5.41) is 1.06. The van der Waals surface area contributed by atoms with Crippen LogP contribution in [0.5, 0.6) is 5.75 Å². The summed E-state index contributed by atoms with van der Waals surface area (Å²) in [5.41, 5.74) is 4.47. The number of benzene rings is 2. The molecule has 0 atom stereocenters. The fraction of sp³-hybridized carbons (Fsp3) is 0.111. The monoisotopic (exact) mass is 277 g/mol. The number of methoxy groups -OCH3 is 1. The Bertz CT molecular complexity index is 825. The highest BCUT2D eigenvalue weighted by Gasteiger charge is 2.07. The minimum atomic E-state index is 0.619. The average molecular weight is 277 g/mol. The van der Waals surface area contributed by atoms with Gasteiger partial charge in [-0.3, -0.25) is 9.78 Å². The minimum Gasteiger partial charge on any atom is -0.497 e. The van der Waals surface area contributed by atoms with Gasteiger partial charge in [-0.2, -0.15) is 0 Å². The molecule has 2 aromatic carbocycles. The number of carbonyl (C=O) groups is 1. The highest BCUT2D eigenvalue weighted by molar-refractivity contribution is 5.91. The molecule has 0 aliphatic rings. The summed E-state index contributed by atoms with van der Waals surface area (Å²) in [5.74, 6) is 0.680. The van der Waals surface area contributed by atoms with Gasteiger partial charge >= 0.3 is 0 Å². The number of nitrogens with zero attached hydrogens (tertiary/aromatic N) is 1. The molecule has 1 aromatic heterocycles. The Morgan fingerprint density at radius 2 is 1.90 bits per heavy atom. The van der Waals surface area contributed by atoms with Crippen LogP contribution in [0.2, 0.25) is 0 Å².